The van der Waals surface area contributed by atoms with Gasteiger partial charge in [0.1, 0.15) is 18.5 Å². The zero-order chi connectivity index (χ0) is 21.1. The fourth-order valence-electron chi connectivity index (χ4n) is 4.32. The highest BCUT2D eigenvalue weighted by atomic mass is 79.9. The van der Waals surface area contributed by atoms with Gasteiger partial charge in [0.05, 0.1) is 0 Å². The number of benzene rings is 4. The zero-order valence-corrected chi connectivity index (χ0v) is 18.6. The van der Waals surface area contributed by atoms with Gasteiger partial charge in [0.15, 0.2) is 0 Å². The molecule has 3 nitrogen and oxygen atoms in total. The van der Waals surface area contributed by atoms with Gasteiger partial charge >= 0.3 is 0 Å². The number of nitrogens with zero attached hydrogens (tertiary/aromatic N) is 3. The standard InChI is InChI=1S/C27H22BrN3/c28-25-17-10-18-26(19-25)30-20-29-31(21-30)27(22-11-4-1-5-12-22,23-13-6-2-7-14-23)24-15-8-3-9-16-24/h1-20H,21H2. The first-order chi connectivity index (χ1) is 15.3. The molecule has 1 aliphatic heterocycles. The van der Waals surface area contributed by atoms with Gasteiger partial charge in [0.25, 0.3) is 0 Å². The summed E-state index contributed by atoms with van der Waals surface area (Å²) in [5, 5.41) is 7.13. The minimum atomic E-state index is -0.555. The topological polar surface area (TPSA) is 18.8 Å². The summed E-state index contributed by atoms with van der Waals surface area (Å²) >= 11 is 3.59. The molecule has 4 aromatic carbocycles. The Morgan fingerprint density at radius 2 is 1.16 bits per heavy atom. The van der Waals surface area contributed by atoms with Crippen molar-refractivity contribution in [3.8, 4) is 0 Å². The average molecular weight is 468 g/mol. The Kier molecular flexibility index (Phi) is 5.31. The molecular formula is C27H22BrN3. The summed E-state index contributed by atoms with van der Waals surface area (Å²) in [7, 11) is 0. The van der Waals surface area contributed by atoms with Crippen LogP contribution in [0.1, 0.15) is 16.7 Å². The quantitative estimate of drug-likeness (QED) is 0.313. The molecule has 4 heteroatoms. The smallest absolute Gasteiger partial charge is 0.135 e. The first kappa shape index (κ1) is 19.6. The van der Waals surface area contributed by atoms with Crippen molar-refractivity contribution in [2.45, 2.75) is 5.54 Å². The van der Waals surface area contributed by atoms with E-state index in [9.17, 15) is 0 Å². The van der Waals surface area contributed by atoms with Crippen LogP contribution < -0.4 is 4.90 Å². The molecule has 152 valence electrons. The first-order valence-corrected chi connectivity index (χ1v) is 11.1. The first-order valence-electron chi connectivity index (χ1n) is 10.3. The van der Waals surface area contributed by atoms with Gasteiger partial charge in [-0.2, -0.15) is 5.10 Å². The van der Waals surface area contributed by atoms with Gasteiger partial charge in [-0.15, -0.1) is 0 Å². The van der Waals surface area contributed by atoms with Gasteiger partial charge in [0, 0.05) is 10.2 Å². The summed E-state index contributed by atoms with van der Waals surface area (Å²) in [6.45, 7) is 0.634. The van der Waals surface area contributed by atoms with E-state index in [1.54, 1.807) is 0 Å². The van der Waals surface area contributed by atoms with Gasteiger partial charge in [0.2, 0.25) is 0 Å². The monoisotopic (exact) mass is 467 g/mol. The van der Waals surface area contributed by atoms with Crippen LogP contribution in [-0.4, -0.2) is 18.0 Å². The Morgan fingerprint density at radius 1 is 0.645 bits per heavy atom. The molecule has 0 amide bonds. The Bertz CT molecular complexity index is 1080. The van der Waals surface area contributed by atoms with E-state index in [4.69, 9.17) is 5.10 Å². The predicted octanol–water partition coefficient (Wildman–Crippen LogP) is 6.46. The maximum atomic E-state index is 4.94. The van der Waals surface area contributed by atoms with E-state index in [2.05, 4.69) is 135 Å². The molecule has 0 spiro atoms. The second-order valence-corrected chi connectivity index (χ2v) is 8.45. The van der Waals surface area contributed by atoms with Crippen molar-refractivity contribution in [1.82, 2.24) is 5.01 Å². The SMILES string of the molecule is Brc1cccc(N2C=NN(C(c3ccccc3)(c3ccccc3)c3ccccc3)C2)c1. The Balaban J connectivity index is 1.69. The molecular weight excluding hydrogens is 446 g/mol. The summed E-state index contributed by atoms with van der Waals surface area (Å²) in [5.41, 5.74) is 4.09. The lowest BCUT2D eigenvalue weighted by Gasteiger charge is -2.42. The number of halogens is 1. The van der Waals surface area contributed by atoms with Crippen LogP contribution in [0.4, 0.5) is 5.69 Å². The highest BCUT2D eigenvalue weighted by Crippen LogP contribution is 2.43. The van der Waals surface area contributed by atoms with Crippen LogP contribution in [0, 0.1) is 0 Å². The third-order valence-corrected chi connectivity index (χ3v) is 6.21. The Morgan fingerprint density at radius 3 is 1.65 bits per heavy atom. The maximum Gasteiger partial charge on any atom is 0.135 e. The largest absolute Gasteiger partial charge is 0.311 e. The summed E-state index contributed by atoms with van der Waals surface area (Å²) in [5.74, 6) is 0. The highest BCUT2D eigenvalue weighted by Gasteiger charge is 2.44. The van der Waals surface area contributed by atoms with Gasteiger partial charge in [-0.1, -0.05) is 113 Å². The van der Waals surface area contributed by atoms with Crippen molar-refractivity contribution >= 4 is 28.0 Å². The fourth-order valence-corrected chi connectivity index (χ4v) is 4.71. The molecule has 0 N–H and O–H groups in total. The van der Waals surface area contributed by atoms with Gasteiger partial charge in [-0.05, 0) is 34.9 Å². The predicted molar refractivity (Wildman–Crippen MR) is 131 cm³/mol. The van der Waals surface area contributed by atoms with E-state index >= 15 is 0 Å². The van der Waals surface area contributed by atoms with Crippen LogP contribution in [-0.2, 0) is 5.54 Å². The van der Waals surface area contributed by atoms with Crippen molar-refractivity contribution < 1.29 is 0 Å². The van der Waals surface area contributed by atoms with Gasteiger partial charge in [-0.3, -0.25) is 5.01 Å². The van der Waals surface area contributed by atoms with Crippen molar-refractivity contribution in [2.75, 3.05) is 11.6 Å². The lowest BCUT2D eigenvalue weighted by molar-refractivity contribution is 0.184. The third-order valence-electron chi connectivity index (χ3n) is 5.72. The van der Waals surface area contributed by atoms with Gasteiger partial charge in [-0.25, -0.2) is 0 Å². The molecule has 0 aliphatic carbocycles. The Hall–Kier alpha value is -3.37. The van der Waals surface area contributed by atoms with E-state index in [1.165, 1.54) is 16.7 Å². The van der Waals surface area contributed by atoms with Gasteiger partial charge < -0.3 is 4.90 Å². The van der Waals surface area contributed by atoms with Crippen LogP contribution in [0.25, 0.3) is 0 Å². The summed E-state index contributed by atoms with van der Waals surface area (Å²) in [4.78, 5) is 2.17. The minimum Gasteiger partial charge on any atom is -0.311 e. The number of rotatable bonds is 5. The normalized spacial score (nSPS) is 13.6. The average Bonchev–Trinajstić information content (AvgIpc) is 3.32. The second kappa shape index (κ2) is 8.40. The maximum absolute atomic E-state index is 4.94. The third kappa shape index (κ3) is 3.53. The molecule has 0 unspecified atom stereocenters. The van der Waals surface area contributed by atoms with Crippen molar-refractivity contribution in [1.29, 1.82) is 0 Å². The number of hydrogen-bond donors (Lipinski definition) is 0. The van der Waals surface area contributed by atoms with E-state index in [-0.39, 0.29) is 0 Å². The number of anilines is 1. The molecule has 1 aliphatic rings. The molecule has 1 heterocycles. The van der Waals surface area contributed by atoms with Crippen LogP contribution in [0.5, 0.6) is 0 Å². The molecule has 0 aromatic heterocycles. The summed E-state index contributed by atoms with van der Waals surface area (Å²) in [6, 6.07) is 40.2. The van der Waals surface area contributed by atoms with Crippen LogP contribution in [0.3, 0.4) is 0 Å². The Labute approximate surface area is 191 Å². The van der Waals surface area contributed by atoms with Crippen LogP contribution in [0.2, 0.25) is 0 Å². The van der Waals surface area contributed by atoms with E-state index in [1.807, 2.05) is 12.4 Å². The summed E-state index contributed by atoms with van der Waals surface area (Å²) in [6.07, 6.45) is 1.92. The van der Waals surface area contributed by atoms with Crippen LogP contribution >= 0.6 is 15.9 Å². The second-order valence-electron chi connectivity index (χ2n) is 7.53. The van der Waals surface area contributed by atoms with Crippen LogP contribution in [0.15, 0.2) is 125 Å². The number of hydrogen-bond acceptors (Lipinski definition) is 3. The molecule has 0 saturated heterocycles. The molecule has 0 bridgehead atoms. The minimum absolute atomic E-state index is 0.555. The van der Waals surface area contributed by atoms with E-state index in [0.29, 0.717) is 6.67 Å². The van der Waals surface area contributed by atoms with E-state index < -0.39 is 5.54 Å². The van der Waals surface area contributed by atoms with Crippen molar-refractivity contribution in [2.24, 2.45) is 5.10 Å². The lowest BCUT2D eigenvalue weighted by atomic mass is 9.76. The van der Waals surface area contributed by atoms with E-state index in [0.717, 1.165) is 10.2 Å². The lowest BCUT2D eigenvalue weighted by Crippen LogP contribution is -2.46. The highest BCUT2D eigenvalue weighted by molar-refractivity contribution is 9.10. The van der Waals surface area contributed by atoms with Crippen molar-refractivity contribution in [3.05, 3.63) is 136 Å². The zero-order valence-electron chi connectivity index (χ0n) is 17.0. The molecule has 4 aromatic rings. The summed E-state index contributed by atoms with van der Waals surface area (Å²) < 4.78 is 1.05. The fraction of sp³-hybridized carbons (Fsp3) is 0.0741. The molecule has 31 heavy (non-hydrogen) atoms. The molecule has 5 rings (SSSR count). The molecule has 0 radical (unpaired) electrons. The molecule has 0 saturated carbocycles. The molecule has 0 atom stereocenters. The molecule has 0 fully saturated rings. The number of hydrazone groups is 1. The van der Waals surface area contributed by atoms with Crippen molar-refractivity contribution in [3.63, 3.8) is 0 Å².